The molecule has 0 radical (unpaired) electrons. The van der Waals surface area contributed by atoms with Gasteiger partial charge in [-0.15, -0.1) is 0 Å². The minimum Gasteiger partial charge on any atom is -0.337 e. The summed E-state index contributed by atoms with van der Waals surface area (Å²) < 4.78 is 0. The predicted octanol–water partition coefficient (Wildman–Crippen LogP) is 3.54. The second-order valence-corrected chi connectivity index (χ2v) is 8.76. The summed E-state index contributed by atoms with van der Waals surface area (Å²) in [6, 6.07) is 16.7. The number of rotatable bonds is 5. The summed E-state index contributed by atoms with van der Waals surface area (Å²) in [5.41, 5.74) is 1.61. The number of nitrogens with zero attached hydrogens (tertiary/aromatic N) is 2. The molecule has 1 aliphatic rings. The van der Waals surface area contributed by atoms with Gasteiger partial charge < -0.3 is 15.1 Å². The molecule has 158 valence electrons. The van der Waals surface area contributed by atoms with Gasteiger partial charge in [-0.2, -0.15) is 0 Å². The van der Waals surface area contributed by atoms with Crippen LogP contribution < -0.4 is 5.32 Å². The molecule has 1 unspecified atom stereocenters. The summed E-state index contributed by atoms with van der Waals surface area (Å²) in [6.45, 7) is 6.74. The van der Waals surface area contributed by atoms with Gasteiger partial charge in [-0.1, -0.05) is 42.5 Å². The van der Waals surface area contributed by atoms with Gasteiger partial charge in [-0.3, -0.25) is 14.4 Å². The monoisotopic (exact) mass is 407 g/mol. The zero-order chi connectivity index (χ0) is 21.9. The number of hydrogen-bond donors (Lipinski definition) is 1. The zero-order valence-electron chi connectivity index (χ0n) is 18.0. The van der Waals surface area contributed by atoms with Crippen molar-refractivity contribution in [2.75, 3.05) is 18.9 Å². The van der Waals surface area contributed by atoms with E-state index in [9.17, 15) is 14.4 Å². The SMILES string of the molecule is CN(Cc1ccccc1)C(=O)c1ccccc1NC(=O)C1CC(=O)N(C(C)(C)C)C1. The Hall–Kier alpha value is -3.15. The summed E-state index contributed by atoms with van der Waals surface area (Å²) in [7, 11) is 1.74. The molecule has 0 aromatic heterocycles. The van der Waals surface area contributed by atoms with E-state index in [2.05, 4.69) is 5.32 Å². The van der Waals surface area contributed by atoms with Crippen molar-refractivity contribution in [1.29, 1.82) is 0 Å². The number of para-hydroxylation sites is 1. The second kappa shape index (κ2) is 8.69. The van der Waals surface area contributed by atoms with E-state index in [0.29, 0.717) is 24.3 Å². The molecule has 2 aromatic carbocycles. The molecule has 0 aliphatic carbocycles. The van der Waals surface area contributed by atoms with Crippen molar-refractivity contribution < 1.29 is 14.4 Å². The van der Waals surface area contributed by atoms with E-state index in [1.165, 1.54) is 0 Å². The molecule has 0 bridgehead atoms. The largest absolute Gasteiger partial charge is 0.337 e. The van der Waals surface area contributed by atoms with Crippen molar-refractivity contribution in [3.05, 3.63) is 65.7 Å². The third-order valence-corrected chi connectivity index (χ3v) is 5.33. The molecular formula is C24H29N3O3. The minimum absolute atomic E-state index is 0.0189. The number of likely N-dealkylation sites (tertiary alicyclic amines) is 1. The van der Waals surface area contributed by atoms with Gasteiger partial charge in [0.25, 0.3) is 5.91 Å². The average molecular weight is 408 g/mol. The molecular weight excluding hydrogens is 378 g/mol. The first-order valence-corrected chi connectivity index (χ1v) is 10.2. The van der Waals surface area contributed by atoms with Crippen LogP contribution in [0.3, 0.4) is 0 Å². The van der Waals surface area contributed by atoms with Crippen LogP contribution in [0.2, 0.25) is 0 Å². The summed E-state index contributed by atoms with van der Waals surface area (Å²) in [5.74, 6) is -0.855. The summed E-state index contributed by atoms with van der Waals surface area (Å²) in [4.78, 5) is 41.5. The minimum atomic E-state index is -0.429. The first kappa shape index (κ1) is 21.6. The van der Waals surface area contributed by atoms with Crippen LogP contribution in [-0.2, 0) is 16.1 Å². The highest BCUT2D eigenvalue weighted by Gasteiger charge is 2.39. The van der Waals surface area contributed by atoms with Crippen molar-refractivity contribution in [2.45, 2.75) is 39.3 Å². The third kappa shape index (κ3) is 4.87. The van der Waals surface area contributed by atoms with Crippen LogP contribution in [-0.4, -0.2) is 46.7 Å². The smallest absolute Gasteiger partial charge is 0.256 e. The Morgan fingerprint density at radius 1 is 1.07 bits per heavy atom. The van der Waals surface area contributed by atoms with E-state index in [1.54, 1.807) is 41.1 Å². The van der Waals surface area contributed by atoms with E-state index >= 15 is 0 Å². The van der Waals surface area contributed by atoms with Crippen molar-refractivity contribution in [1.82, 2.24) is 9.80 Å². The molecule has 1 aliphatic heterocycles. The Balaban J connectivity index is 1.71. The van der Waals surface area contributed by atoms with E-state index in [1.807, 2.05) is 51.1 Å². The van der Waals surface area contributed by atoms with Gasteiger partial charge in [0.15, 0.2) is 0 Å². The van der Waals surface area contributed by atoms with Crippen LogP contribution in [0, 0.1) is 5.92 Å². The van der Waals surface area contributed by atoms with Crippen molar-refractivity contribution in [3.8, 4) is 0 Å². The third-order valence-electron chi connectivity index (χ3n) is 5.33. The van der Waals surface area contributed by atoms with Gasteiger partial charge in [0.2, 0.25) is 11.8 Å². The molecule has 3 rings (SSSR count). The van der Waals surface area contributed by atoms with Crippen molar-refractivity contribution in [3.63, 3.8) is 0 Å². The first-order valence-electron chi connectivity index (χ1n) is 10.2. The molecule has 30 heavy (non-hydrogen) atoms. The fourth-order valence-corrected chi connectivity index (χ4v) is 3.68. The summed E-state index contributed by atoms with van der Waals surface area (Å²) in [6.07, 6.45) is 0.188. The van der Waals surface area contributed by atoms with Gasteiger partial charge in [-0.05, 0) is 38.5 Å². The standard InChI is InChI=1S/C24H29N3O3/c1-24(2,3)27-16-18(14-21(27)28)22(29)25-20-13-9-8-12-19(20)23(30)26(4)15-17-10-6-5-7-11-17/h5-13,18H,14-16H2,1-4H3,(H,25,29). The molecule has 0 spiro atoms. The highest BCUT2D eigenvalue weighted by Crippen LogP contribution is 2.27. The Morgan fingerprint density at radius 3 is 2.33 bits per heavy atom. The molecule has 2 aromatic rings. The van der Waals surface area contributed by atoms with Crippen LogP contribution in [0.1, 0.15) is 43.1 Å². The number of amides is 3. The highest BCUT2D eigenvalue weighted by molar-refractivity contribution is 6.05. The highest BCUT2D eigenvalue weighted by atomic mass is 16.2. The Kier molecular flexibility index (Phi) is 6.25. The molecule has 6 nitrogen and oxygen atoms in total. The lowest BCUT2D eigenvalue weighted by atomic mass is 10.1. The molecule has 0 saturated carbocycles. The molecule has 3 amide bonds. The van der Waals surface area contributed by atoms with Crippen molar-refractivity contribution in [2.24, 2.45) is 5.92 Å². The van der Waals surface area contributed by atoms with Gasteiger partial charge in [-0.25, -0.2) is 0 Å². The maximum absolute atomic E-state index is 13.0. The van der Waals surface area contributed by atoms with Crippen LogP contribution in [0.5, 0.6) is 0 Å². The van der Waals surface area contributed by atoms with Crippen LogP contribution in [0.4, 0.5) is 5.69 Å². The fraction of sp³-hybridized carbons (Fsp3) is 0.375. The van der Waals surface area contributed by atoms with Gasteiger partial charge in [0, 0.05) is 32.1 Å². The molecule has 1 saturated heterocycles. The maximum Gasteiger partial charge on any atom is 0.256 e. The van der Waals surface area contributed by atoms with E-state index in [4.69, 9.17) is 0 Å². The summed E-state index contributed by atoms with van der Waals surface area (Å²) >= 11 is 0. The molecule has 1 N–H and O–H groups in total. The first-order chi connectivity index (χ1) is 14.2. The molecule has 1 atom stereocenters. The van der Waals surface area contributed by atoms with Crippen LogP contribution in [0.15, 0.2) is 54.6 Å². The Labute approximate surface area is 177 Å². The lowest BCUT2D eigenvalue weighted by molar-refractivity contribution is -0.131. The maximum atomic E-state index is 13.0. The van der Waals surface area contributed by atoms with E-state index in [0.717, 1.165) is 5.56 Å². The fourth-order valence-electron chi connectivity index (χ4n) is 3.68. The van der Waals surface area contributed by atoms with Crippen LogP contribution >= 0.6 is 0 Å². The quantitative estimate of drug-likeness (QED) is 0.824. The van der Waals surface area contributed by atoms with Crippen molar-refractivity contribution >= 4 is 23.4 Å². The van der Waals surface area contributed by atoms with Crippen LogP contribution in [0.25, 0.3) is 0 Å². The predicted molar refractivity (Wildman–Crippen MR) is 117 cm³/mol. The lowest BCUT2D eigenvalue weighted by Crippen LogP contribution is -2.42. The number of benzene rings is 2. The number of nitrogens with one attached hydrogen (secondary N) is 1. The molecule has 1 heterocycles. The number of anilines is 1. The second-order valence-electron chi connectivity index (χ2n) is 8.76. The number of carbonyl (C=O) groups excluding carboxylic acids is 3. The van der Waals surface area contributed by atoms with Gasteiger partial charge >= 0.3 is 0 Å². The number of hydrogen-bond acceptors (Lipinski definition) is 3. The Morgan fingerprint density at radius 2 is 1.70 bits per heavy atom. The van der Waals surface area contributed by atoms with E-state index < -0.39 is 5.92 Å². The van der Waals surface area contributed by atoms with Gasteiger partial charge in [0.05, 0.1) is 17.2 Å². The Bertz CT molecular complexity index is 934. The van der Waals surface area contributed by atoms with E-state index in [-0.39, 0.29) is 29.7 Å². The zero-order valence-corrected chi connectivity index (χ0v) is 18.0. The summed E-state index contributed by atoms with van der Waals surface area (Å²) in [5, 5.41) is 2.88. The topological polar surface area (TPSA) is 69.7 Å². The molecule has 6 heteroatoms. The normalized spacial score (nSPS) is 16.5. The lowest BCUT2D eigenvalue weighted by Gasteiger charge is -2.32. The molecule has 1 fully saturated rings. The number of carbonyl (C=O) groups is 3. The van der Waals surface area contributed by atoms with Gasteiger partial charge in [0.1, 0.15) is 0 Å². The average Bonchev–Trinajstić information content (AvgIpc) is 3.11.